The minimum Gasteiger partial charge on any atom is -0.476 e. The number of nitrogens with one attached hydrogen (secondary N) is 2. The molecule has 0 spiro atoms. The average molecular weight is 389 g/mol. The Morgan fingerprint density at radius 1 is 1.35 bits per heavy atom. The van der Waals surface area contributed by atoms with Crippen LogP contribution >= 0.6 is 11.6 Å². The number of alkyl halides is 3. The van der Waals surface area contributed by atoms with Crippen LogP contribution in [-0.2, 0) is 10.9 Å². The van der Waals surface area contributed by atoms with Crippen LogP contribution in [0, 0.1) is 5.41 Å². The molecule has 0 aliphatic heterocycles. The van der Waals surface area contributed by atoms with E-state index in [-0.39, 0.29) is 36.0 Å². The van der Waals surface area contributed by atoms with Gasteiger partial charge in [0.25, 0.3) is 5.91 Å². The fourth-order valence-corrected chi connectivity index (χ4v) is 1.80. The summed E-state index contributed by atoms with van der Waals surface area (Å²) in [6.45, 7) is -0.0198. The maximum absolute atomic E-state index is 12.4. The predicted molar refractivity (Wildman–Crippen MR) is 85.7 cm³/mol. The zero-order chi connectivity index (χ0) is 19.2. The van der Waals surface area contributed by atoms with E-state index in [0.29, 0.717) is 0 Å². The molecule has 11 heteroatoms. The third-order valence-corrected chi connectivity index (χ3v) is 3.10. The first kappa shape index (κ1) is 19.4. The molecule has 2 aromatic rings. The first-order chi connectivity index (χ1) is 12.3. The van der Waals surface area contributed by atoms with Gasteiger partial charge in [-0.15, -0.1) is 0 Å². The fourth-order valence-electron chi connectivity index (χ4n) is 1.73. The van der Waals surface area contributed by atoms with Crippen LogP contribution in [-0.4, -0.2) is 35.1 Å². The second-order valence-electron chi connectivity index (χ2n) is 4.78. The maximum atomic E-state index is 12.4. The Morgan fingerprint density at radius 3 is 2.62 bits per heavy atom. The molecule has 138 valence electrons. The second-order valence-corrected chi connectivity index (χ2v) is 5.03. The van der Waals surface area contributed by atoms with Crippen LogP contribution < -0.4 is 5.32 Å². The molecule has 0 saturated heterocycles. The minimum absolute atomic E-state index is 0.109. The summed E-state index contributed by atoms with van der Waals surface area (Å²) in [5.41, 5.74) is 1.74. The summed E-state index contributed by atoms with van der Waals surface area (Å²) in [5, 5.41) is 13.2. The standard InChI is InChI=1S/C15H12ClF3N4O3/c16-6-1-7-25-11(20)8-21-13(24)10-4-2-9(3-5-10)12-22-14(26-23-12)15(17,18)19/h1-6,20H,7-8H2,(H,21,24)/b6-1-,20-11?. The molecule has 1 amide bonds. The highest BCUT2D eigenvalue weighted by Crippen LogP contribution is 2.29. The lowest BCUT2D eigenvalue weighted by molar-refractivity contribution is -0.159. The van der Waals surface area contributed by atoms with E-state index in [1.165, 1.54) is 35.9 Å². The number of ether oxygens (including phenoxy) is 1. The summed E-state index contributed by atoms with van der Waals surface area (Å²) >= 11 is 5.30. The quantitative estimate of drug-likeness (QED) is 0.584. The van der Waals surface area contributed by atoms with Crippen LogP contribution in [0.3, 0.4) is 0 Å². The number of hydrogen-bond donors (Lipinski definition) is 2. The van der Waals surface area contributed by atoms with Crippen LogP contribution in [0.2, 0.25) is 0 Å². The molecule has 0 fully saturated rings. The van der Waals surface area contributed by atoms with E-state index < -0.39 is 18.0 Å². The fraction of sp³-hybridized carbons (Fsp3) is 0.200. The maximum Gasteiger partial charge on any atom is 0.471 e. The number of carbonyl (C=O) groups excluding carboxylic acids is 1. The van der Waals surface area contributed by atoms with Crippen LogP contribution in [0.4, 0.5) is 13.2 Å². The molecule has 26 heavy (non-hydrogen) atoms. The van der Waals surface area contributed by atoms with E-state index in [9.17, 15) is 18.0 Å². The topological polar surface area (TPSA) is 101 Å². The largest absolute Gasteiger partial charge is 0.476 e. The SMILES string of the molecule is N=C(CNC(=O)c1ccc(-c2noc(C(F)(F)F)n2)cc1)OC/C=C\Cl. The molecule has 1 aromatic carbocycles. The van der Waals surface area contributed by atoms with Gasteiger partial charge in [-0.1, -0.05) is 28.9 Å². The molecular formula is C15H12ClF3N4O3. The number of benzene rings is 1. The molecule has 1 aromatic heterocycles. The molecule has 0 bridgehead atoms. The van der Waals surface area contributed by atoms with Gasteiger partial charge < -0.3 is 14.6 Å². The van der Waals surface area contributed by atoms with Crippen molar-refractivity contribution in [3.05, 3.63) is 47.3 Å². The van der Waals surface area contributed by atoms with E-state index in [1.54, 1.807) is 0 Å². The Labute approximate surface area is 150 Å². The molecule has 2 rings (SSSR count). The van der Waals surface area contributed by atoms with Crippen LogP contribution in [0.1, 0.15) is 16.2 Å². The van der Waals surface area contributed by atoms with Gasteiger partial charge in [0.1, 0.15) is 6.61 Å². The van der Waals surface area contributed by atoms with Crippen molar-refractivity contribution in [3.63, 3.8) is 0 Å². The van der Waals surface area contributed by atoms with Crippen LogP contribution in [0.25, 0.3) is 11.4 Å². The summed E-state index contributed by atoms with van der Waals surface area (Å²) in [7, 11) is 0. The normalized spacial score (nSPS) is 11.5. The Balaban J connectivity index is 1.95. The van der Waals surface area contributed by atoms with Gasteiger partial charge in [0.15, 0.2) is 0 Å². The lowest BCUT2D eigenvalue weighted by Gasteiger charge is -2.07. The second kappa shape index (κ2) is 8.48. The summed E-state index contributed by atoms with van der Waals surface area (Å²) < 4.78 is 46.4. The van der Waals surface area contributed by atoms with Crippen LogP contribution in [0.15, 0.2) is 40.4 Å². The highest BCUT2D eigenvalue weighted by molar-refractivity contribution is 6.25. The number of carbonyl (C=O) groups is 1. The number of aromatic nitrogens is 2. The van der Waals surface area contributed by atoms with Gasteiger partial charge in [-0.3, -0.25) is 10.2 Å². The van der Waals surface area contributed by atoms with Gasteiger partial charge in [-0.2, -0.15) is 18.2 Å². The Kier molecular flexibility index (Phi) is 6.34. The molecule has 7 nitrogen and oxygen atoms in total. The van der Waals surface area contributed by atoms with Crippen molar-refractivity contribution in [1.29, 1.82) is 5.41 Å². The Morgan fingerprint density at radius 2 is 2.04 bits per heavy atom. The molecule has 0 atom stereocenters. The van der Waals surface area contributed by atoms with E-state index in [4.69, 9.17) is 21.7 Å². The Bertz CT molecular complexity index is 803. The van der Waals surface area contributed by atoms with Crippen LogP contribution in [0.5, 0.6) is 0 Å². The molecule has 0 radical (unpaired) electrons. The van der Waals surface area contributed by atoms with Gasteiger partial charge in [0.2, 0.25) is 11.7 Å². The van der Waals surface area contributed by atoms with Gasteiger partial charge >= 0.3 is 12.1 Å². The molecule has 0 saturated carbocycles. The number of amides is 1. The van der Waals surface area contributed by atoms with Gasteiger partial charge in [0, 0.05) is 16.7 Å². The number of halogens is 4. The lowest BCUT2D eigenvalue weighted by atomic mass is 10.1. The van der Waals surface area contributed by atoms with Crippen molar-refractivity contribution >= 4 is 23.4 Å². The van der Waals surface area contributed by atoms with E-state index in [0.717, 1.165) is 0 Å². The Hall–Kier alpha value is -2.88. The number of nitrogens with zero attached hydrogens (tertiary/aromatic N) is 2. The van der Waals surface area contributed by atoms with Crippen molar-refractivity contribution in [2.45, 2.75) is 6.18 Å². The van der Waals surface area contributed by atoms with E-state index >= 15 is 0 Å². The third kappa shape index (κ3) is 5.31. The first-order valence-electron chi connectivity index (χ1n) is 7.06. The van der Waals surface area contributed by atoms with Gasteiger partial charge in [-0.25, -0.2) is 0 Å². The summed E-state index contributed by atoms with van der Waals surface area (Å²) in [5.74, 6) is -2.33. The van der Waals surface area contributed by atoms with E-state index in [2.05, 4.69) is 20.0 Å². The van der Waals surface area contributed by atoms with Gasteiger partial charge in [-0.05, 0) is 18.2 Å². The van der Waals surface area contributed by atoms with Crippen molar-refractivity contribution in [1.82, 2.24) is 15.5 Å². The van der Waals surface area contributed by atoms with E-state index in [1.807, 2.05) is 0 Å². The van der Waals surface area contributed by atoms with Gasteiger partial charge in [0.05, 0.1) is 6.54 Å². The first-order valence-corrected chi connectivity index (χ1v) is 7.50. The third-order valence-electron chi connectivity index (χ3n) is 2.93. The monoisotopic (exact) mass is 388 g/mol. The predicted octanol–water partition coefficient (Wildman–Crippen LogP) is 3.23. The lowest BCUT2D eigenvalue weighted by Crippen LogP contribution is -2.30. The summed E-state index contributed by atoms with van der Waals surface area (Å²) in [4.78, 5) is 15.2. The van der Waals surface area contributed by atoms with Crippen molar-refractivity contribution in [3.8, 4) is 11.4 Å². The average Bonchev–Trinajstić information content (AvgIpc) is 3.10. The highest BCUT2D eigenvalue weighted by Gasteiger charge is 2.38. The number of rotatable bonds is 6. The summed E-state index contributed by atoms with van der Waals surface area (Å²) in [6.07, 6.45) is -3.24. The molecule has 0 aliphatic rings. The smallest absolute Gasteiger partial charge is 0.471 e. The molecule has 1 heterocycles. The summed E-state index contributed by atoms with van der Waals surface area (Å²) in [6, 6.07) is 5.53. The minimum atomic E-state index is -4.73. The molecule has 0 aliphatic carbocycles. The molecule has 0 unspecified atom stereocenters. The zero-order valence-corrected chi connectivity index (χ0v) is 13.8. The molecule has 2 N–H and O–H groups in total. The highest BCUT2D eigenvalue weighted by atomic mass is 35.5. The van der Waals surface area contributed by atoms with Crippen molar-refractivity contribution < 1.29 is 27.2 Å². The van der Waals surface area contributed by atoms with Crippen molar-refractivity contribution in [2.24, 2.45) is 0 Å². The van der Waals surface area contributed by atoms with Crippen molar-refractivity contribution in [2.75, 3.05) is 13.2 Å². The number of hydrogen-bond acceptors (Lipinski definition) is 6. The molecular weight excluding hydrogens is 377 g/mol. The zero-order valence-electron chi connectivity index (χ0n) is 13.0.